The molecule has 1 atom stereocenters. The van der Waals surface area contributed by atoms with Crippen molar-refractivity contribution in [2.75, 3.05) is 0 Å². The number of carbonyl (C=O) groups excluding carboxylic acids is 2. The summed E-state index contributed by atoms with van der Waals surface area (Å²) in [7, 11) is 0. The summed E-state index contributed by atoms with van der Waals surface area (Å²) in [6.45, 7) is 1.76. The number of phenols is 2. The Morgan fingerprint density at radius 3 is 2.61 bits per heavy atom. The number of carbonyl (C=O) groups is 2. The first-order valence-corrected chi connectivity index (χ1v) is 7.57. The van der Waals surface area contributed by atoms with Gasteiger partial charge in [-0.25, -0.2) is 4.79 Å². The van der Waals surface area contributed by atoms with Gasteiger partial charge in [-0.15, -0.1) is 0 Å². The molecule has 2 rings (SSSR count). The Morgan fingerprint density at radius 1 is 1.09 bits per heavy atom. The normalized spacial score (nSPS) is 22.6. The SMILES string of the molecule is C[C@@H]1C/C=C/CC/C=C/C(=O)Cc2cc(O)cc(O)c2C(=O)O1. The van der Waals surface area contributed by atoms with Crippen LogP contribution in [0.2, 0.25) is 0 Å². The first kappa shape index (κ1) is 16.8. The van der Waals surface area contributed by atoms with Gasteiger partial charge in [-0.1, -0.05) is 18.2 Å². The molecule has 0 saturated carbocycles. The Kier molecular flexibility index (Phi) is 5.57. The lowest BCUT2D eigenvalue weighted by Crippen LogP contribution is -2.17. The molecule has 0 spiro atoms. The van der Waals surface area contributed by atoms with Gasteiger partial charge in [-0.05, 0) is 37.5 Å². The molecule has 122 valence electrons. The van der Waals surface area contributed by atoms with Gasteiger partial charge in [0.1, 0.15) is 23.2 Å². The second-order valence-corrected chi connectivity index (χ2v) is 5.54. The van der Waals surface area contributed by atoms with Crippen molar-refractivity contribution in [2.24, 2.45) is 0 Å². The highest BCUT2D eigenvalue weighted by molar-refractivity contribution is 5.98. The molecule has 1 aromatic rings. The van der Waals surface area contributed by atoms with Crippen molar-refractivity contribution in [3.8, 4) is 11.5 Å². The predicted octanol–water partition coefficient (Wildman–Crippen LogP) is 3.05. The van der Waals surface area contributed by atoms with E-state index in [9.17, 15) is 19.8 Å². The van der Waals surface area contributed by atoms with Crippen LogP contribution in [0.3, 0.4) is 0 Å². The average Bonchev–Trinajstić information content (AvgIpc) is 2.44. The quantitative estimate of drug-likeness (QED) is 0.568. The van der Waals surface area contributed by atoms with E-state index in [1.165, 1.54) is 12.1 Å². The Bertz CT molecular complexity index is 658. The van der Waals surface area contributed by atoms with E-state index in [1.807, 2.05) is 12.2 Å². The molecule has 0 saturated heterocycles. The van der Waals surface area contributed by atoms with E-state index in [-0.39, 0.29) is 35.2 Å². The molecule has 5 heteroatoms. The maximum atomic E-state index is 12.3. The van der Waals surface area contributed by atoms with Crippen LogP contribution in [0.5, 0.6) is 11.5 Å². The van der Waals surface area contributed by atoms with Gasteiger partial charge in [-0.3, -0.25) is 4.79 Å². The number of hydrogen-bond acceptors (Lipinski definition) is 5. The van der Waals surface area contributed by atoms with Crippen molar-refractivity contribution in [3.05, 3.63) is 47.6 Å². The van der Waals surface area contributed by atoms with E-state index in [1.54, 1.807) is 13.0 Å². The van der Waals surface area contributed by atoms with Crippen LogP contribution in [-0.4, -0.2) is 28.1 Å². The zero-order valence-corrected chi connectivity index (χ0v) is 13.0. The minimum Gasteiger partial charge on any atom is -0.508 e. The van der Waals surface area contributed by atoms with Gasteiger partial charge in [0.25, 0.3) is 0 Å². The van der Waals surface area contributed by atoms with Crippen LogP contribution >= 0.6 is 0 Å². The summed E-state index contributed by atoms with van der Waals surface area (Å²) in [6, 6.07) is 2.37. The number of cyclic esters (lactones) is 1. The molecule has 1 aliphatic rings. The minimum absolute atomic E-state index is 0.0718. The number of esters is 1. The number of ether oxygens (including phenoxy) is 1. The monoisotopic (exact) mass is 316 g/mol. The van der Waals surface area contributed by atoms with Gasteiger partial charge in [0.05, 0.1) is 0 Å². The highest BCUT2D eigenvalue weighted by Crippen LogP contribution is 2.29. The maximum absolute atomic E-state index is 12.3. The van der Waals surface area contributed by atoms with Crippen LogP contribution in [0, 0.1) is 0 Å². The van der Waals surface area contributed by atoms with Crippen LogP contribution in [0.15, 0.2) is 36.4 Å². The van der Waals surface area contributed by atoms with Crippen molar-refractivity contribution >= 4 is 11.8 Å². The highest BCUT2D eigenvalue weighted by atomic mass is 16.5. The van der Waals surface area contributed by atoms with E-state index in [2.05, 4.69) is 0 Å². The standard InChI is InChI=1S/C18H20O5/c1-12-7-5-3-2-4-6-8-14(19)9-13-10-15(20)11-16(21)17(13)18(22)23-12/h3,5-6,8,10-12,20-21H,2,4,7,9H2,1H3/b5-3+,8-6+/t12-/m1/s1. The Balaban J connectivity index is 2.40. The summed E-state index contributed by atoms with van der Waals surface area (Å²) in [5, 5.41) is 19.6. The molecule has 0 unspecified atom stereocenters. The number of ketones is 1. The first-order valence-electron chi connectivity index (χ1n) is 7.57. The molecule has 0 radical (unpaired) electrons. The number of benzene rings is 1. The lowest BCUT2D eigenvalue weighted by molar-refractivity contribution is -0.114. The number of rotatable bonds is 0. The Labute approximate surface area is 134 Å². The van der Waals surface area contributed by atoms with E-state index < -0.39 is 11.7 Å². The molecular formula is C18H20O5. The van der Waals surface area contributed by atoms with Crippen molar-refractivity contribution < 1.29 is 24.5 Å². The molecule has 0 aliphatic carbocycles. The average molecular weight is 316 g/mol. The number of phenolic OH excluding ortho intramolecular Hbond substituents is 2. The molecule has 0 fully saturated rings. The van der Waals surface area contributed by atoms with Gasteiger partial charge in [0.2, 0.25) is 0 Å². The maximum Gasteiger partial charge on any atom is 0.342 e. The summed E-state index contributed by atoms with van der Waals surface area (Å²) in [6.07, 6.45) is 8.83. The smallest absolute Gasteiger partial charge is 0.342 e. The van der Waals surface area contributed by atoms with E-state index in [4.69, 9.17) is 4.74 Å². The number of aromatic hydroxyl groups is 2. The van der Waals surface area contributed by atoms with Gasteiger partial charge in [0.15, 0.2) is 5.78 Å². The van der Waals surface area contributed by atoms with Crippen molar-refractivity contribution in [1.29, 1.82) is 0 Å². The largest absolute Gasteiger partial charge is 0.508 e. The second-order valence-electron chi connectivity index (χ2n) is 5.54. The van der Waals surface area contributed by atoms with Crippen LogP contribution < -0.4 is 0 Å². The first-order chi connectivity index (χ1) is 11.0. The van der Waals surface area contributed by atoms with Crippen LogP contribution in [0.25, 0.3) is 0 Å². The molecule has 1 aliphatic heterocycles. The Morgan fingerprint density at radius 2 is 1.83 bits per heavy atom. The molecule has 5 nitrogen and oxygen atoms in total. The van der Waals surface area contributed by atoms with Gasteiger partial charge >= 0.3 is 5.97 Å². The van der Waals surface area contributed by atoms with Gasteiger partial charge in [0, 0.05) is 18.9 Å². The lowest BCUT2D eigenvalue weighted by atomic mass is 10.00. The van der Waals surface area contributed by atoms with Crippen molar-refractivity contribution in [3.63, 3.8) is 0 Å². The summed E-state index contributed by atoms with van der Waals surface area (Å²) in [4.78, 5) is 24.3. The number of allylic oxidation sites excluding steroid dienone is 3. The highest BCUT2D eigenvalue weighted by Gasteiger charge is 2.22. The molecule has 23 heavy (non-hydrogen) atoms. The van der Waals surface area contributed by atoms with E-state index in [0.717, 1.165) is 18.9 Å². The molecule has 1 heterocycles. The molecule has 1 aromatic carbocycles. The molecular weight excluding hydrogens is 296 g/mol. The molecule has 0 aromatic heterocycles. The summed E-state index contributed by atoms with van der Waals surface area (Å²) >= 11 is 0. The van der Waals surface area contributed by atoms with Crippen LogP contribution in [-0.2, 0) is 16.0 Å². The predicted molar refractivity (Wildman–Crippen MR) is 85.5 cm³/mol. The number of hydrogen-bond donors (Lipinski definition) is 2. The molecule has 0 bridgehead atoms. The van der Waals surface area contributed by atoms with Gasteiger partial charge < -0.3 is 14.9 Å². The van der Waals surface area contributed by atoms with Crippen LogP contribution in [0.1, 0.15) is 42.1 Å². The summed E-state index contributed by atoms with van der Waals surface area (Å²) in [5.41, 5.74) is 0.180. The van der Waals surface area contributed by atoms with Crippen molar-refractivity contribution in [2.45, 2.75) is 38.7 Å². The summed E-state index contributed by atoms with van der Waals surface area (Å²) in [5.74, 6) is -1.51. The number of fused-ring (bicyclic) bond motifs is 1. The topological polar surface area (TPSA) is 83.8 Å². The summed E-state index contributed by atoms with van der Waals surface area (Å²) < 4.78 is 5.32. The fraction of sp³-hybridized carbons (Fsp3) is 0.333. The lowest BCUT2D eigenvalue weighted by Gasteiger charge is -2.15. The zero-order chi connectivity index (χ0) is 16.8. The van der Waals surface area contributed by atoms with E-state index >= 15 is 0 Å². The third kappa shape index (κ3) is 4.71. The molecule has 2 N–H and O–H groups in total. The minimum atomic E-state index is -0.702. The second kappa shape index (κ2) is 7.63. The van der Waals surface area contributed by atoms with E-state index in [0.29, 0.717) is 6.42 Å². The molecule has 0 amide bonds. The zero-order valence-electron chi connectivity index (χ0n) is 13.0. The Hall–Kier alpha value is -2.56. The fourth-order valence-corrected chi connectivity index (χ4v) is 2.39. The fourth-order valence-electron chi connectivity index (χ4n) is 2.39. The van der Waals surface area contributed by atoms with Gasteiger partial charge in [-0.2, -0.15) is 0 Å². The van der Waals surface area contributed by atoms with Crippen molar-refractivity contribution in [1.82, 2.24) is 0 Å². The third-order valence-electron chi connectivity index (χ3n) is 3.50. The van der Waals surface area contributed by atoms with Crippen LogP contribution in [0.4, 0.5) is 0 Å². The third-order valence-corrected chi connectivity index (χ3v) is 3.50.